The fourth-order valence-corrected chi connectivity index (χ4v) is 2.83. The third-order valence-electron chi connectivity index (χ3n) is 3.50. The van der Waals surface area contributed by atoms with Crippen molar-refractivity contribution in [2.24, 2.45) is 5.92 Å². The van der Waals surface area contributed by atoms with Crippen LogP contribution >= 0.6 is 11.6 Å². The molecule has 82 valence electrons. The SMILES string of the molecule is COc1ccccc1C1CCC(Cl)C1C. The lowest BCUT2D eigenvalue weighted by molar-refractivity contribution is 0.399. The Morgan fingerprint density at radius 1 is 1.27 bits per heavy atom. The molecule has 1 aromatic carbocycles. The molecule has 1 fully saturated rings. The van der Waals surface area contributed by atoms with Gasteiger partial charge >= 0.3 is 0 Å². The molecule has 3 unspecified atom stereocenters. The maximum Gasteiger partial charge on any atom is 0.122 e. The zero-order valence-electron chi connectivity index (χ0n) is 9.24. The van der Waals surface area contributed by atoms with Crippen molar-refractivity contribution >= 4 is 11.6 Å². The molecule has 0 bridgehead atoms. The van der Waals surface area contributed by atoms with E-state index < -0.39 is 0 Å². The van der Waals surface area contributed by atoms with E-state index >= 15 is 0 Å². The topological polar surface area (TPSA) is 9.23 Å². The molecular weight excluding hydrogens is 208 g/mol. The number of ether oxygens (including phenoxy) is 1. The Labute approximate surface area is 96.4 Å². The quantitative estimate of drug-likeness (QED) is 0.694. The lowest BCUT2D eigenvalue weighted by Gasteiger charge is -2.19. The Morgan fingerprint density at radius 2 is 2.00 bits per heavy atom. The zero-order valence-corrected chi connectivity index (χ0v) is 10.00. The molecule has 1 aromatic rings. The van der Waals surface area contributed by atoms with Crippen LogP contribution in [0.2, 0.25) is 0 Å². The number of halogens is 1. The standard InChI is InChI=1S/C13H17ClO/c1-9-10(7-8-12(9)14)11-5-3-4-6-13(11)15-2/h3-6,9-10,12H,7-8H2,1-2H3. The summed E-state index contributed by atoms with van der Waals surface area (Å²) in [5.41, 5.74) is 1.32. The van der Waals surface area contributed by atoms with Crippen LogP contribution in [0.4, 0.5) is 0 Å². The van der Waals surface area contributed by atoms with Crippen molar-refractivity contribution in [3.8, 4) is 5.75 Å². The van der Waals surface area contributed by atoms with Crippen molar-refractivity contribution in [3.05, 3.63) is 29.8 Å². The molecule has 0 radical (unpaired) electrons. The molecule has 0 amide bonds. The van der Waals surface area contributed by atoms with Crippen molar-refractivity contribution in [1.82, 2.24) is 0 Å². The average molecular weight is 225 g/mol. The van der Waals surface area contributed by atoms with E-state index in [1.54, 1.807) is 7.11 Å². The fourth-order valence-electron chi connectivity index (χ4n) is 2.53. The molecule has 2 heteroatoms. The highest BCUT2D eigenvalue weighted by Gasteiger charge is 2.33. The number of methoxy groups -OCH3 is 1. The van der Waals surface area contributed by atoms with Crippen LogP contribution in [0.15, 0.2) is 24.3 Å². The van der Waals surface area contributed by atoms with E-state index in [-0.39, 0.29) is 0 Å². The second-order valence-corrected chi connectivity index (χ2v) is 4.86. The van der Waals surface area contributed by atoms with Crippen LogP contribution in [0.5, 0.6) is 5.75 Å². The normalized spacial score (nSPS) is 30.5. The predicted molar refractivity (Wildman–Crippen MR) is 63.8 cm³/mol. The van der Waals surface area contributed by atoms with Crippen molar-refractivity contribution in [2.45, 2.75) is 31.1 Å². The van der Waals surface area contributed by atoms with Crippen LogP contribution in [0, 0.1) is 5.92 Å². The first-order chi connectivity index (χ1) is 7.24. The molecule has 0 saturated heterocycles. The second kappa shape index (κ2) is 4.44. The molecule has 1 aliphatic carbocycles. The fraction of sp³-hybridized carbons (Fsp3) is 0.538. The van der Waals surface area contributed by atoms with Crippen molar-refractivity contribution in [2.75, 3.05) is 7.11 Å². The summed E-state index contributed by atoms with van der Waals surface area (Å²) in [6.45, 7) is 2.24. The Kier molecular flexibility index (Phi) is 3.20. The molecule has 1 aliphatic rings. The maximum absolute atomic E-state index is 6.26. The number of para-hydroxylation sites is 1. The van der Waals surface area contributed by atoms with Crippen LogP contribution in [0.25, 0.3) is 0 Å². The van der Waals surface area contributed by atoms with Gasteiger partial charge in [0, 0.05) is 5.38 Å². The highest BCUT2D eigenvalue weighted by atomic mass is 35.5. The van der Waals surface area contributed by atoms with E-state index in [1.165, 1.54) is 12.0 Å². The van der Waals surface area contributed by atoms with Gasteiger partial charge in [-0.2, -0.15) is 0 Å². The van der Waals surface area contributed by atoms with Crippen LogP contribution in [-0.2, 0) is 0 Å². The average Bonchev–Trinajstić information content (AvgIpc) is 2.60. The highest BCUT2D eigenvalue weighted by Crippen LogP contribution is 2.44. The number of rotatable bonds is 2. The number of alkyl halides is 1. The third-order valence-corrected chi connectivity index (χ3v) is 4.11. The summed E-state index contributed by atoms with van der Waals surface area (Å²) in [4.78, 5) is 0. The van der Waals surface area contributed by atoms with E-state index in [2.05, 4.69) is 19.1 Å². The lowest BCUT2D eigenvalue weighted by Crippen LogP contribution is -2.10. The first-order valence-electron chi connectivity index (χ1n) is 5.51. The van der Waals surface area contributed by atoms with E-state index in [4.69, 9.17) is 16.3 Å². The van der Waals surface area contributed by atoms with Gasteiger partial charge in [0.1, 0.15) is 5.75 Å². The van der Waals surface area contributed by atoms with Crippen molar-refractivity contribution in [1.29, 1.82) is 0 Å². The van der Waals surface area contributed by atoms with E-state index in [0.717, 1.165) is 12.2 Å². The minimum Gasteiger partial charge on any atom is -0.496 e. The van der Waals surface area contributed by atoms with Gasteiger partial charge in [0.15, 0.2) is 0 Å². The van der Waals surface area contributed by atoms with Crippen molar-refractivity contribution < 1.29 is 4.74 Å². The second-order valence-electron chi connectivity index (χ2n) is 4.30. The third kappa shape index (κ3) is 1.98. The van der Waals surface area contributed by atoms with Gasteiger partial charge in [0.2, 0.25) is 0 Å². The lowest BCUT2D eigenvalue weighted by atomic mass is 9.89. The van der Waals surface area contributed by atoms with Gasteiger partial charge in [-0.05, 0) is 36.3 Å². The van der Waals surface area contributed by atoms with Crippen LogP contribution < -0.4 is 4.74 Å². The minimum absolute atomic E-state index is 0.319. The summed E-state index contributed by atoms with van der Waals surface area (Å²) in [5.74, 6) is 2.10. The van der Waals surface area contributed by atoms with Gasteiger partial charge in [-0.1, -0.05) is 25.1 Å². The molecule has 15 heavy (non-hydrogen) atoms. The van der Waals surface area contributed by atoms with Gasteiger partial charge in [0.05, 0.1) is 7.11 Å². The summed E-state index contributed by atoms with van der Waals surface area (Å²) >= 11 is 6.26. The van der Waals surface area contributed by atoms with Gasteiger partial charge < -0.3 is 4.74 Å². The number of hydrogen-bond acceptors (Lipinski definition) is 1. The Morgan fingerprint density at radius 3 is 2.60 bits per heavy atom. The van der Waals surface area contributed by atoms with E-state index in [0.29, 0.717) is 17.2 Å². The Hall–Kier alpha value is -0.690. The Balaban J connectivity index is 2.29. The summed E-state index contributed by atoms with van der Waals surface area (Å²) in [6.07, 6.45) is 2.29. The molecule has 2 rings (SSSR count). The first-order valence-corrected chi connectivity index (χ1v) is 5.94. The van der Waals surface area contributed by atoms with Crippen LogP contribution in [0.1, 0.15) is 31.2 Å². The van der Waals surface area contributed by atoms with Gasteiger partial charge in [0.25, 0.3) is 0 Å². The van der Waals surface area contributed by atoms with E-state index in [9.17, 15) is 0 Å². The van der Waals surface area contributed by atoms with Gasteiger partial charge in [-0.15, -0.1) is 11.6 Å². The summed E-state index contributed by atoms with van der Waals surface area (Å²) in [5, 5.41) is 0.319. The molecule has 0 aliphatic heterocycles. The number of hydrogen-bond donors (Lipinski definition) is 0. The van der Waals surface area contributed by atoms with Gasteiger partial charge in [-0.3, -0.25) is 0 Å². The monoisotopic (exact) mass is 224 g/mol. The molecule has 1 nitrogen and oxygen atoms in total. The molecule has 0 heterocycles. The Bertz CT molecular complexity index is 337. The highest BCUT2D eigenvalue weighted by molar-refractivity contribution is 6.21. The van der Waals surface area contributed by atoms with Crippen LogP contribution in [0.3, 0.4) is 0 Å². The van der Waals surface area contributed by atoms with E-state index in [1.807, 2.05) is 12.1 Å². The van der Waals surface area contributed by atoms with Crippen LogP contribution in [-0.4, -0.2) is 12.5 Å². The maximum atomic E-state index is 6.26. The predicted octanol–water partition coefficient (Wildman–Crippen LogP) is 3.82. The number of benzene rings is 1. The molecule has 0 N–H and O–H groups in total. The molecule has 1 saturated carbocycles. The molecular formula is C13H17ClO. The van der Waals surface area contributed by atoms with Crippen molar-refractivity contribution in [3.63, 3.8) is 0 Å². The minimum atomic E-state index is 0.319. The summed E-state index contributed by atoms with van der Waals surface area (Å²) < 4.78 is 5.40. The summed E-state index contributed by atoms with van der Waals surface area (Å²) in [6, 6.07) is 8.28. The van der Waals surface area contributed by atoms with Gasteiger partial charge in [-0.25, -0.2) is 0 Å². The molecule has 0 aromatic heterocycles. The first kappa shape index (κ1) is 10.8. The summed E-state index contributed by atoms with van der Waals surface area (Å²) in [7, 11) is 1.73. The zero-order chi connectivity index (χ0) is 10.8. The largest absolute Gasteiger partial charge is 0.496 e. The molecule has 3 atom stereocenters. The smallest absolute Gasteiger partial charge is 0.122 e. The molecule has 0 spiro atoms.